The summed E-state index contributed by atoms with van der Waals surface area (Å²) in [5.74, 6) is 0.683. The maximum Gasteiger partial charge on any atom is 0.307 e. The van der Waals surface area contributed by atoms with E-state index in [4.69, 9.17) is 10.5 Å². The van der Waals surface area contributed by atoms with Gasteiger partial charge < -0.3 is 10.5 Å². The van der Waals surface area contributed by atoms with E-state index in [-0.39, 0.29) is 11.5 Å². The summed E-state index contributed by atoms with van der Waals surface area (Å²) >= 11 is 0. The minimum absolute atomic E-state index is 0.140. The van der Waals surface area contributed by atoms with Crippen LogP contribution < -0.4 is 5.73 Å². The monoisotopic (exact) mass is 227 g/mol. The lowest BCUT2D eigenvalue weighted by atomic mass is 9.74. The van der Waals surface area contributed by atoms with Crippen molar-refractivity contribution in [3.05, 3.63) is 0 Å². The van der Waals surface area contributed by atoms with E-state index >= 15 is 0 Å². The molecule has 2 N–H and O–H groups in total. The molecule has 0 atom stereocenters. The third-order valence-electron chi connectivity index (χ3n) is 3.60. The van der Waals surface area contributed by atoms with Gasteiger partial charge in [0.15, 0.2) is 0 Å². The van der Waals surface area contributed by atoms with Gasteiger partial charge in [0.1, 0.15) is 0 Å². The Morgan fingerprint density at radius 2 is 2.00 bits per heavy atom. The van der Waals surface area contributed by atoms with E-state index < -0.39 is 0 Å². The van der Waals surface area contributed by atoms with E-state index in [9.17, 15) is 4.79 Å². The highest BCUT2D eigenvalue weighted by Crippen LogP contribution is 2.34. The standard InChI is InChI=1S/C13H25NO2/c1-3-5-11-6-8-13(14,9-7-11)10-12(15)16-4-2/h11H,3-10,14H2,1-2H3. The van der Waals surface area contributed by atoms with E-state index in [1.165, 1.54) is 25.7 Å². The maximum atomic E-state index is 11.4. The smallest absolute Gasteiger partial charge is 0.307 e. The van der Waals surface area contributed by atoms with Crippen LogP contribution in [0.4, 0.5) is 0 Å². The SMILES string of the molecule is CCCC1CCC(N)(CC(=O)OCC)CC1. The summed E-state index contributed by atoms with van der Waals surface area (Å²) in [5, 5.41) is 0. The van der Waals surface area contributed by atoms with Crippen molar-refractivity contribution in [2.75, 3.05) is 6.61 Å². The van der Waals surface area contributed by atoms with Gasteiger partial charge in [0, 0.05) is 5.54 Å². The Morgan fingerprint density at radius 3 is 2.50 bits per heavy atom. The van der Waals surface area contributed by atoms with Crippen LogP contribution in [-0.2, 0) is 9.53 Å². The van der Waals surface area contributed by atoms with E-state index in [2.05, 4.69) is 6.92 Å². The second-order valence-electron chi connectivity index (χ2n) is 5.08. The van der Waals surface area contributed by atoms with Crippen LogP contribution in [-0.4, -0.2) is 18.1 Å². The Balaban J connectivity index is 2.34. The molecule has 3 nitrogen and oxygen atoms in total. The van der Waals surface area contributed by atoms with Crippen molar-refractivity contribution < 1.29 is 9.53 Å². The maximum absolute atomic E-state index is 11.4. The van der Waals surface area contributed by atoms with Crippen LogP contribution in [0, 0.1) is 5.92 Å². The first-order chi connectivity index (χ1) is 7.59. The van der Waals surface area contributed by atoms with Crippen molar-refractivity contribution in [3.63, 3.8) is 0 Å². The summed E-state index contributed by atoms with van der Waals surface area (Å²) in [7, 11) is 0. The number of carbonyl (C=O) groups is 1. The van der Waals surface area contributed by atoms with Crippen LogP contribution in [0.15, 0.2) is 0 Å². The van der Waals surface area contributed by atoms with E-state index in [1.807, 2.05) is 6.92 Å². The molecule has 94 valence electrons. The van der Waals surface area contributed by atoms with Crippen molar-refractivity contribution in [1.82, 2.24) is 0 Å². The van der Waals surface area contributed by atoms with E-state index in [0.717, 1.165) is 18.8 Å². The molecule has 1 aliphatic rings. The molecular formula is C13H25NO2. The van der Waals surface area contributed by atoms with Gasteiger partial charge in [-0.25, -0.2) is 0 Å². The van der Waals surface area contributed by atoms with Crippen LogP contribution in [0.5, 0.6) is 0 Å². The fourth-order valence-electron chi connectivity index (χ4n) is 2.63. The molecule has 0 aromatic carbocycles. The summed E-state index contributed by atoms with van der Waals surface area (Å²) in [6.07, 6.45) is 7.22. The average Bonchev–Trinajstić information content (AvgIpc) is 2.22. The van der Waals surface area contributed by atoms with Crippen LogP contribution in [0.2, 0.25) is 0 Å². The quantitative estimate of drug-likeness (QED) is 0.735. The van der Waals surface area contributed by atoms with Crippen LogP contribution >= 0.6 is 0 Å². The lowest BCUT2D eigenvalue weighted by molar-refractivity contribution is -0.144. The summed E-state index contributed by atoms with van der Waals surface area (Å²) in [6.45, 7) is 4.51. The van der Waals surface area contributed by atoms with Gasteiger partial charge >= 0.3 is 5.97 Å². The average molecular weight is 227 g/mol. The first-order valence-electron chi connectivity index (χ1n) is 6.54. The van der Waals surface area contributed by atoms with Crippen molar-refractivity contribution >= 4 is 5.97 Å². The third-order valence-corrected chi connectivity index (χ3v) is 3.60. The number of carbonyl (C=O) groups excluding carboxylic acids is 1. The van der Waals surface area contributed by atoms with Gasteiger partial charge in [-0.15, -0.1) is 0 Å². The zero-order valence-electron chi connectivity index (χ0n) is 10.6. The van der Waals surface area contributed by atoms with Gasteiger partial charge in [-0.1, -0.05) is 19.8 Å². The first kappa shape index (κ1) is 13.5. The zero-order valence-corrected chi connectivity index (χ0v) is 10.6. The number of hydrogen-bond acceptors (Lipinski definition) is 3. The number of nitrogens with two attached hydrogens (primary N) is 1. The molecule has 0 bridgehead atoms. The third kappa shape index (κ3) is 4.12. The van der Waals surface area contributed by atoms with Crippen molar-refractivity contribution in [3.8, 4) is 0 Å². The molecule has 0 aliphatic heterocycles. The predicted molar refractivity (Wildman–Crippen MR) is 65.0 cm³/mol. The Hall–Kier alpha value is -0.570. The summed E-state index contributed by atoms with van der Waals surface area (Å²) in [5.41, 5.74) is 5.95. The normalized spacial score (nSPS) is 30.1. The van der Waals surface area contributed by atoms with Gasteiger partial charge in [-0.2, -0.15) is 0 Å². The fourth-order valence-corrected chi connectivity index (χ4v) is 2.63. The van der Waals surface area contributed by atoms with Crippen molar-refractivity contribution in [2.24, 2.45) is 11.7 Å². The number of esters is 1. The molecule has 1 aliphatic carbocycles. The molecular weight excluding hydrogens is 202 g/mol. The molecule has 16 heavy (non-hydrogen) atoms. The molecule has 0 heterocycles. The molecule has 0 radical (unpaired) electrons. The lowest BCUT2D eigenvalue weighted by Gasteiger charge is -2.36. The van der Waals surface area contributed by atoms with Gasteiger partial charge in [0.2, 0.25) is 0 Å². The minimum atomic E-state index is -0.295. The second kappa shape index (κ2) is 6.24. The Kier molecular flexibility index (Phi) is 5.26. The molecule has 1 fully saturated rings. The van der Waals surface area contributed by atoms with Crippen molar-refractivity contribution in [2.45, 2.75) is 64.3 Å². The Bertz CT molecular complexity index is 220. The largest absolute Gasteiger partial charge is 0.466 e. The van der Waals surface area contributed by atoms with Gasteiger partial charge in [0.25, 0.3) is 0 Å². The highest BCUT2D eigenvalue weighted by molar-refractivity contribution is 5.70. The molecule has 0 aromatic rings. The Labute approximate surface area is 98.7 Å². The Morgan fingerprint density at radius 1 is 1.38 bits per heavy atom. The number of rotatable bonds is 5. The first-order valence-corrected chi connectivity index (χ1v) is 6.54. The molecule has 1 rings (SSSR count). The highest BCUT2D eigenvalue weighted by Gasteiger charge is 2.33. The number of ether oxygens (including phenoxy) is 1. The van der Waals surface area contributed by atoms with Crippen LogP contribution in [0.25, 0.3) is 0 Å². The topological polar surface area (TPSA) is 52.3 Å². The van der Waals surface area contributed by atoms with E-state index in [1.54, 1.807) is 0 Å². The summed E-state index contributed by atoms with van der Waals surface area (Å²) in [4.78, 5) is 11.4. The fraction of sp³-hybridized carbons (Fsp3) is 0.923. The molecule has 0 saturated heterocycles. The molecule has 0 spiro atoms. The van der Waals surface area contributed by atoms with Gasteiger partial charge in [-0.3, -0.25) is 4.79 Å². The van der Waals surface area contributed by atoms with E-state index in [0.29, 0.717) is 13.0 Å². The summed E-state index contributed by atoms with van der Waals surface area (Å²) in [6, 6.07) is 0. The molecule has 3 heteroatoms. The predicted octanol–water partition coefficient (Wildman–Crippen LogP) is 2.63. The van der Waals surface area contributed by atoms with Gasteiger partial charge in [-0.05, 0) is 38.5 Å². The molecule has 0 aromatic heterocycles. The second-order valence-corrected chi connectivity index (χ2v) is 5.08. The van der Waals surface area contributed by atoms with Crippen molar-refractivity contribution in [1.29, 1.82) is 0 Å². The van der Waals surface area contributed by atoms with Crippen LogP contribution in [0.1, 0.15) is 58.8 Å². The molecule has 1 saturated carbocycles. The minimum Gasteiger partial charge on any atom is -0.466 e. The zero-order chi connectivity index (χ0) is 12.0. The highest BCUT2D eigenvalue weighted by atomic mass is 16.5. The lowest BCUT2D eigenvalue weighted by Crippen LogP contribution is -2.45. The summed E-state index contributed by atoms with van der Waals surface area (Å²) < 4.78 is 4.97. The van der Waals surface area contributed by atoms with Gasteiger partial charge in [0.05, 0.1) is 13.0 Å². The molecule has 0 amide bonds. The van der Waals surface area contributed by atoms with Crippen LogP contribution in [0.3, 0.4) is 0 Å². The number of hydrogen-bond donors (Lipinski definition) is 1. The molecule has 0 unspecified atom stereocenters.